The van der Waals surface area contributed by atoms with Crippen molar-refractivity contribution in [1.29, 1.82) is 10.5 Å². The molecular weight excluding hydrogens is 304 g/mol. The van der Waals surface area contributed by atoms with Crippen molar-refractivity contribution in [3.8, 4) is 12.1 Å². The number of nitrogens with two attached hydrogens (primary N) is 1. The zero-order valence-corrected chi connectivity index (χ0v) is 12.8. The van der Waals surface area contributed by atoms with Crippen LogP contribution in [0.1, 0.15) is 11.5 Å². The van der Waals surface area contributed by atoms with E-state index in [2.05, 4.69) is 17.1 Å². The van der Waals surface area contributed by atoms with E-state index in [0.29, 0.717) is 5.02 Å². The second-order valence-corrected chi connectivity index (χ2v) is 5.75. The molecule has 1 heterocycles. The van der Waals surface area contributed by atoms with E-state index in [-0.39, 0.29) is 5.84 Å². The van der Waals surface area contributed by atoms with Gasteiger partial charge in [0.1, 0.15) is 11.3 Å². The first-order valence-corrected chi connectivity index (χ1v) is 6.91. The lowest BCUT2D eigenvalue weighted by atomic mass is 9.93. The zero-order valence-electron chi connectivity index (χ0n) is 12.0. The fourth-order valence-electron chi connectivity index (χ4n) is 3.71. The number of methoxy groups -OCH3 is 2. The predicted octanol–water partition coefficient (Wildman–Crippen LogP) is 1.77. The second-order valence-electron chi connectivity index (χ2n) is 5.31. The third-order valence-corrected chi connectivity index (χ3v) is 4.90. The van der Waals surface area contributed by atoms with Gasteiger partial charge in [0, 0.05) is 25.2 Å². The van der Waals surface area contributed by atoms with Crippen LogP contribution < -0.4 is 5.73 Å². The van der Waals surface area contributed by atoms with Gasteiger partial charge in [-0.15, -0.1) is 0 Å². The third-order valence-electron chi connectivity index (χ3n) is 4.66. The number of rotatable bonds is 3. The molecule has 7 heteroatoms. The van der Waals surface area contributed by atoms with Gasteiger partial charge in [0.2, 0.25) is 0 Å². The molecule has 1 aromatic carbocycles. The highest BCUT2D eigenvalue weighted by Gasteiger charge is 2.93. The largest absolute Gasteiger partial charge is 0.386 e. The fraction of sp³-hybridized carbons (Fsp3) is 0.400. The first-order valence-electron chi connectivity index (χ1n) is 6.53. The van der Waals surface area contributed by atoms with E-state index in [9.17, 15) is 10.5 Å². The highest BCUT2D eigenvalue weighted by molar-refractivity contribution is 6.30. The molecule has 3 rings (SSSR count). The van der Waals surface area contributed by atoms with Crippen molar-refractivity contribution in [3.05, 3.63) is 34.9 Å². The Morgan fingerprint density at radius 1 is 1.27 bits per heavy atom. The molecule has 1 fully saturated rings. The topological polar surface area (TPSA) is 104 Å². The van der Waals surface area contributed by atoms with E-state index in [4.69, 9.17) is 26.8 Å². The van der Waals surface area contributed by atoms with Crippen LogP contribution in [-0.2, 0) is 9.47 Å². The Balaban J connectivity index is 2.26. The van der Waals surface area contributed by atoms with E-state index < -0.39 is 22.7 Å². The number of hydrogen-bond donors (Lipinski definition) is 1. The number of nitrogens with zero attached hydrogens (tertiary/aromatic N) is 3. The first kappa shape index (κ1) is 14.8. The summed E-state index contributed by atoms with van der Waals surface area (Å²) in [7, 11) is 2.75. The number of hydrogen-bond acceptors (Lipinski definition) is 6. The highest BCUT2D eigenvalue weighted by Crippen LogP contribution is 2.81. The summed E-state index contributed by atoms with van der Waals surface area (Å²) < 4.78 is 10.8. The summed E-state index contributed by atoms with van der Waals surface area (Å²) in [5, 5.41) is 20.1. The number of aliphatic imine (C=N–C) groups is 1. The first-order chi connectivity index (χ1) is 10.5. The van der Waals surface area contributed by atoms with Gasteiger partial charge in [-0.1, -0.05) is 23.7 Å². The number of ether oxygens (including phenoxy) is 2. The minimum absolute atomic E-state index is 0.0465. The molecule has 112 valence electrons. The molecule has 2 N–H and O–H groups in total. The standard InChI is InChI=1S/C15H13ClN4O2/c1-21-15(22-2)14(8-18)11(9-4-3-5-10(16)6-9)13(14,7-17)12(19)20-15/h3-6,11H,1-2H3,(H2,19,20)/t11-,13-,14-/m1/s1. The van der Waals surface area contributed by atoms with Gasteiger partial charge in [-0.2, -0.15) is 10.5 Å². The molecule has 2 aliphatic rings. The van der Waals surface area contributed by atoms with Crippen LogP contribution in [0.15, 0.2) is 29.3 Å². The Morgan fingerprint density at radius 2 is 1.95 bits per heavy atom. The zero-order chi connectivity index (χ0) is 16.2. The molecule has 0 aromatic heterocycles. The summed E-state index contributed by atoms with van der Waals surface area (Å²) in [5.74, 6) is -2.08. The van der Waals surface area contributed by atoms with E-state index >= 15 is 0 Å². The number of halogens is 1. The molecule has 0 radical (unpaired) electrons. The SMILES string of the molecule is COC1(OC)N=C(N)[C@@]2(C#N)[C@@H](c3cccc(Cl)c3)[C@@]12C#N. The van der Waals surface area contributed by atoms with Gasteiger partial charge in [-0.25, -0.2) is 4.99 Å². The third kappa shape index (κ3) is 1.29. The van der Waals surface area contributed by atoms with Crippen molar-refractivity contribution in [2.45, 2.75) is 11.8 Å². The van der Waals surface area contributed by atoms with Crippen molar-refractivity contribution in [2.75, 3.05) is 14.2 Å². The van der Waals surface area contributed by atoms with Crippen molar-refractivity contribution in [2.24, 2.45) is 21.6 Å². The van der Waals surface area contributed by atoms with Gasteiger partial charge in [-0.05, 0) is 17.7 Å². The van der Waals surface area contributed by atoms with Gasteiger partial charge in [0.15, 0.2) is 5.41 Å². The van der Waals surface area contributed by atoms with Crippen LogP contribution in [0, 0.1) is 33.5 Å². The molecule has 0 unspecified atom stereocenters. The molecule has 0 bridgehead atoms. The predicted molar refractivity (Wildman–Crippen MR) is 78.7 cm³/mol. The van der Waals surface area contributed by atoms with Crippen LogP contribution in [0.4, 0.5) is 0 Å². The number of nitriles is 2. The molecule has 1 aliphatic heterocycles. The van der Waals surface area contributed by atoms with Crippen LogP contribution in [0.3, 0.4) is 0 Å². The van der Waals surface area contributed by atoms with E-state index in [1.54, 1.807) is 24.3 Å². The van der Waals surface area contributed by atoms with Crippen LogP contribution >= 0.6 is 11.6 Å². The number of benzene rings is 1. The molecule has 0 saturated heterocycles. The van der Waals surface area contributed by atoms with Crippen LogP contribution in [0.2, 0.25) is 5.02 Å². The van der Waals surface area contributed by atoms with Crippen molar-refractivity contribution < 1.29 is 9.47 Å². The maximum Gasteiger partial charge on any atom is 0.292 e. The molecule has 0 spiro atoms. The Kier molecular flexibility index (Phi) is 2.99. The summed E-state index contributed by atoms with van der Waals surface area (Å²) in [4.78, 5) is 4.14. The molecule has 22 heavy (non-hydrogen) atoms. The average molecular weight is 317 g/mol. The quantitative estimate of drug-likeness (QED) is 0.856. The monoisotopic (exact) mass is 316 g/mol. The summed E-state index contributed by atoms with van der Waals surface area (Å²) in [6.45, 7) is 0. The molecular formula is C15H13ClN4O2. The molecule has 1 aliphatic carbocycles. The summed E-state index contributed by atoms with van der Waals surface area (Å²) in [6, 6.07) is 11.4. The van der Waals surface area contributed by atoms with E-state index in [0.717, 1.165) is 5.56 Å². The lowest BCUT2D eigenvalue weighted by Gasteiger charge is -2.29. The van der Waals surface area contributed by atoms with Crippen molar-refractivity contribution in [3.63, 3.8) is 0 Å². The van der Waals surface area contributed by atoms with Crippen LogP contribution in [-0.4, -0.2) is 26.0 Å². The van der Waals surface area contributed by atoms with Crippen molar-refractivity contribution >= 4 is 17.4 Å². The number of fused-ring (bicyclic) bond motifs is 1. The Morgan fingerprint density at radius 3 is 2.45 bits per heavy atom. The molecule has 0 amide bonds. The summed E-state index contributed by atoms with van der Waals surface area (Å²) in [5.41, 5.74) is 4.11. The molecule has 1 saturated carbocycles. The molecule has 3 atom stereocenters. The Bertz CT molecular complexity index is 762. The molecule has 6 nitrogen and oxygen atoms in total. The van der Waals surface area contributed by atoms with E-state index in [1.807, 2.05) is 0 Å². The highest BCUT2D eigenvalue weighted by atomic mass is 35.5. The Labute approximate surface area is 132 Å². The lowest BCUT2D eigenvalue weighted by Crippen LogP contribution is -2.41. The maximum atomic E-state index is 9.86. The Hall–Kier alpha value is -2.12. The van der Waals surface area contributed by atoms with E-state index in [1.165, 1.54) is 14.2 Å². The summed E-state index contributed by atoms with van der Waals surface area (Å²) in [6.07, 6.45) is 0. The molecule has 1 aromatic rings. The normalized spacial score (nSPS) is 34.2. The lowest BCUT2D eigenvalue weighted by molar-refractivity contribution is -0.230. The number of amidine groups is 1. The summed E-state index contributed by atoms with van der Waals surface area (Å²) >= 11 is 6.04. The maximum absolute atomic E-state index is 9.86. The second kappa shape index (κ2) is 4.44. The van der Waals surface area contributed by atoms with Crippen LogP contribution in [0.5, 0.6) is 0 Å². The van der Waals surface area contributed by atoms with Crippen LogP contribution in [0.25, 0.3) is 0 Å². The minimum atomic E-state index is -1.60. The average Bonchev–Trinajstić information content (AvgIpc) is 3.11. The smallest absolute Gasteiger partial charge is 0.292 e. The van der Waals surface area contributed by atoms with Gasteiger partial charge < -0.3 is 15.2 Å². The van der Waals surface area contributed by atoms with Gasteiger partial charge in [0.25, 0.3) is 5.91 Å². The van der Waals surface area contributed by atoms with Gasteiger partial charge in [0.05, 0.1) is 12.1 Å². The van der Waals surface area contributed by atoms with Gasteiger partial charge >= 0.3 is 0 Å². The minimum Gasteiger partial charge on any atom is -0.386 e. The fourth-order valence-corrected chi connectivity index (χ4v) is 3.91. The van der Waals surface area contributed by atoms with Gasteiger partial charge in [-0.3, -0.25) is 0 Å². The van der Waals surface area contributed by atoms with Crippen molar-refractivity contribution in [1.82, 2.24) is 0 Å².